The van der Waals surface area contributed by atoms with Gasteiger partial charge in [0.1, 0.15) is 5.75 Å². The topological polar surface area (TPSA) is 92.8 Å². The molecule has 1 aliphatic rings. The summed E-state index contributed by atoms with van der Waals surface area (Å²) in [5.74, 6) is -0.435. The predicted octanol–water partition coefficient (Wildman–Crippen LogP) is 4.08. The fourth-order valence-corrected chi connectivity index (χ4v) is 4.70. The highest BCUT2D eigenvalue weighted by Gasteiger charge is 2.44. The highest BCUT2D eigenvalue weighted by Crippen LogP contribution is 2.40. The average molecular weight is 479 g/mol. The molecule has 2 amide bonds. The van der Waals surface area contributed by atoms with E-state index in [0.717, 1.165) is 24.7 Å². The summed E-state index contributed by atoms with van der Waals surface area (Å²) in [7, 11) is -1.89. The lowest BCUT2D eigenvalue weighted by atomic mass is 9.92. The third-order valence-corrected chi connectivity index (χ3v) is 7.04. The summed E-state index contributed by atoms with van der Waals surface area (Å²) in [6.07, 6.45) is 2.90. The first-order valence-electron chi connectivity index (χ1n) is 10.4. The zero-order valence-electron chi connectivity index (χ0n) is 18.3. The number of halogens is 1. The maximum atomic E-state index is 13.3. The van der Waals surface area contributed by atoms with E-state index in [1.165, 1.54) is 18.2 Å². The lowest BCUT2D eigenvalue weighted by molar-refractivity contribution is -0.129. The Morgan fingerprint density at radius 2 is 1.91 bits per heavy atom. The highest BCUT2D eigenvalue weighted by molar-refractivity contribution is 7.90. The van der Waals surface area contributed by atoms with Crippen LogP contribution in [-0.4, -0.2) is 45.0 Å². The van der Waals surface area contributed by atoms with Gasteiger partial charge >= 0.3 is 0 Å². The molecule has 32 heavy (non-hydrogen) atoms. The Bertz CT molecular complexity index is 1100. The second-order valence-electron chi connectivity index (χ2n) is 7.87. The SMILES string of the molecule is CCCCN1C(=O)C[C@H](C(=O)Nc2cc(S(C)(=O)=O)ccc2Cl)[C@@H]1c1ccc(OC)cc1. The van der Waals surface area contributed by atoms with Gasteiger partial charge in [-0.3, -0.25) is 9.59 Å². The number of rotatable bonds is 8. The lowest BCUT2D eigenvalue weighted by Crippen LogP contribution is -2.33. The van der Waals surface area contributed by atoms with E-state index in [0.29, 0.717) is 12.3 Å². The molecule has 0 unspecified atom stereocenters. The summed E-state index contributed by atoms with van der Waals surface area (Å²) in [6.45, 7) is 2.60. The molecule has 172 valence electrons. The molecular weight excluding hydrogens is 452 g/mol. The molecule has 1 N–H and O–H groups in total. The van der Waals surface area contributed by atoms with Crippen molar-refractivity contribution >= 4 is 38.9 Å². The molecule has 1 heterocycles. The number of nitrogens with one attached hydrogen (secondary N) is 1. The van der Waals surface area contributed by atoms with Gasteiger partial charge < -0.3 is 15.0 Å². The Labute approximate surface area is 193 Å². The van der Waals surface area contributed by atoms with Crippen LogP contribution in [0, 0.1) is 5.92 Å². The molecule has 1 fully saturated rings. The van der Waals surface area contributed by atoms with Gasteiger partial charge in [-0.2, -0.15) is 0 Å². The van der Waals surface area contributed by atoms with Crippen LogP contribution in [0.15, 0.2) is 47.4 Å². The number of sulfone groups is 1. The summed E-state index contributed by atoms with van der Waals surface area (Å²) in [5, 5.41) is 2.97. The van der Waals surface area contributed by atoms with Gasteiger partial charge in [-0.05, 0) is 42.3 Å². The Kier molecular flexibility index (Phi) is 7.46. The van der Waals surface area contributed by atoms with Gasteiger partial charge in [0, 0.05) is 19.2 Å². The quantitative estimate of drug-likeness (QED) is 0.617. The Morgan fingerprint density at radius 1 is 1.22 bits per heavy atom. The Hall–Kier alpha value is -2.58. The highest BCUT2D eigenvalue weighted by atomic mass is 35.5. The number of methoxy groups -OCH3 is 1. The minimum Gasteiger partial charge on any atom is -0.497 e. The van der Waals surface area contributed by atoms with Crippen molar-refractivity contribution in [2.45, 2.75) is 37.1 Å². The summed E-state index contributed by atoms with van der Waals surface area (Å²) < 4.78 is 29.0. The van der Waals surface area contributed by atoms with Crippen LogP contribution in [0.3, 0.4) is 0 Å². The van der Waals surface area contributed by atoms with Crippen LogP contribution in [-0.2, 0) is 19.4 Å². The van der Waals surface area contributed by atoms with Crippen LogP contribution in [0.25, 0.3) is 0 Å². The zero-order chi connectivity index (χ0) is 23.5. The molecule has 0 bridgehead atoms. The summed E-state index contributed by atoms with van der Waals surface area (Å²) in [6, 6.07) is 11.0. The molecule has 3 rings (SSSR count). The molecule has 7 nitrogen and oxygen atoms in total. The summed E-state index contributed by atoms with van der Waals surface area (Å²) in [5.41, 5.74) is 1.04. The molecule has 2 aromatic rings. The van der Waals surface area contributed by atoms with E-state index in [2.05, 4.69) is 5.32 Å². The van der Waals surface area contributed by atoms with Crippen LogP contribution in [0.2, 0.25) is 5.02 Å². The van der Waals surface area contributed by atoms with Gasteiger partial charge in [0.2, 0.25) is 11.8 Å². The second kappa shape index (κ2) is 9.92. The van der Waals surface area contributed by atoms with Gasteiger partial charge in [0.25, 0.3) is 0 Å². The van der Waals surface area contributed by atoms with Crippen molar-refractivity contribution < 1.29 is 22.7 Å². The van der Waals surface area contributed by atoms with Crippen molar-refractivity contribution in [2.24, 2.45) is 5.92 Å². The first-order valence-corrected chi connectivity index (χ1v) is 12.7. The largest absolute Gasteiger partial charge is 0.497 e. The summed E-state index contributed by atoms with van der Waals surface area (Å²) >= 11 is 6.21. The first kappa shape index (κ1) is 24.1. The van der Waals surface area contributed by atoms with Crippen molar-refractivity contribution in [1.82, 2.24) is 4.90 Å². The molecule has 0 aliphatic carbocycles. The van der Waals surface area contributed by atoms with Gasteiger partial charge in [-0.1, -0.05) is 37.1 Å². The molecule has 0 aromatic heterocycles. The van der Waals surface area contributed by atoms with Gasteiger partial charge in [0.15, 0.2) is 9.84 Å². The predicted molar refractivity (Wildman–Crippen MR) is 124 cm³/mol. The minimum atomic E-state index is -3.47. The number of carbonyl (C=O) groups is 2. The number of anilines is 1. The number of benzene rings is 2. The molecule has 0 radical (unpaired) electrons. The fourth-order valence-electron chi connectivity index (χ4n) is 3.89. The van der Waals surface area contributed by atoms with Crippen molar-refractivity contribution in [3.63, 3.8) is 0 Å². The Morgan fingerprint density at radius 3 is 2.50 bits per heavy atom. The van der Waals surface area contributed by atoms with E-state index < -0.39 is 21.8 Å². The van der Waals surface area contributed by atoms with Crippen LogP contribution in [0.4, 0.5) is 5.69 Å². The average Bonchev–Trinajstić information content (AvgIpc) is 3.09. The number of hydrogen-bond acceptors (Lipinski definition) is 5. The van der Waals surface area contributed by atoms with E-state index in [4.69, 9.17) is 16.3 Å². The maximum Gasteiger partial charge on any atom is 0.230 e. The number of likely N-dealkylation sites (tertiary alicyclic amines) is 1. The van der Waals surface area contributed by atoms with Crippen molar-refractivity contribution in [2.75, 3.05) is 25.2 Å². The van der Waals surface area contributed by atoms with Gasteiger partial charge in [-0.25, -0.2) is 8.42 Å². The lowest BCUT2D eigenvalue weighted by Gasteiger charge is -2.28. The van der Waals surface area contributed by atoms with Crippen molar-refractivity contribution in [3.8, 4) is 5.75 Å². The molecule has 0 spiro atoms. The maximum absolute atomic E-state index is 13.3. The van der Waals surface area contributed by atoms with Crippen molar-refractivity contribution in [1.29, 1.82) is 0 Å². The van der Waals surface area contributed by atoms with E-state index in [1.807, 2.05) is 19.1 Å². The number of amides is 2. The molecule has 2 aromatic carbocycles. The molecule has 9 heteroatoms. The normalized spacial score (nSPS) is 18.6. The van der Waals surface area contributed by atoms with Crippen LogP contribution in [0.5, 0.6) is 5.75 Å². The standard InChI is InChI=1S/C23H27ClN2O5S/c1-4-5-12-26-21(27)14-18(22(26)15-6-8-16(31-2)9-7-15)23(28)25-20-13-17(32(3,29)30)10-11-19(20)24/h6-11,13,18,22H,4-5,12,14H2,1-3H3,(H,25,28)/t18-,22-/m0/s1. The van der Waals surface area contributed by atoms with E-state index in [1.54, 1.807) is 24.1 Å². The van der Waals surface area contributed by atoms with Crippen LogP contribution < -0.4 is 10.1 Å². The van der Waals surface area contributed by atoms with E-state index in [9.17, 15) is 18.0 Å². The second-order valence-corrected chi connectivity index (χ2v) is 10.3. The van der Waals surface area contributed by atoms with Gasteiger partial charge in [-0.15, -0.1) is 0 Å². The third kappa shape index (κ3) is 5.24. The fraction of sp³-hybridized carbons (Fsp3) is 0.391. The third-order valence-electron chi connectivity index (χ3n) is 5.60. The van der Waals surface area contributed by atoms with E-state index in [-0.39, 0.29) is 33.8 Å². The molecule has 2 atom stereocenters. The monoisotopic (exact) mass is 478 g/mol. The molecule has 0 saturated carbocycles. The zero-order valence-corrected chi connectivity index (χ0v) is 19.9. The molecule has 1 saturated heterocycles. The van der Waals surface area contributed by atoms with E-state index >= 15 is 0 Å². The van der Waals surface area contributed by atoms with Gasteiger partial charge in [0.05, 0.1) is 34.7 Å². The number of hydrogen-bond donors (Lipinski definition) is 1. The van der Waals surface area contributed by atoms with Crippen LogP contribution in [0.1, 0.15) is 37.8 Å². The number of nitrogens with zero attached hydrogens (tertiary/aromatic N) is 1. The molecular formula is C23H27ClN2O5S. The Balaban J connectivity index is 1.93. The smallest absolute Gasteiger partial charge is 0.230 e. The minimum absolute atomic E-state index is 0.0518. The first-order chi connectivity index (χ1) is 15.2. The number of ether oxygens (including phenoxy) is 1. The molecule has 1 aliphatic heterocycles. The van der Waals surface area contributed by atoms with Crippen molar-refractivity contribution in [3.05, 3.63) is 53.1 Å². The summed E-state index contributed by atoms with van der Waals surface area (Å²) in [4.78, 5) is 27.9. The number of unbranched alkanes of at least 4 members (excludes halogenated alkanes) is 1. The number of carbonyl (C=O) groups excluding carboxylic acids is 2. The van der Waals surface area contributed by atoms with Crippen LogP contribution >= 0.6 is 11.6 Å².